The van der Waals surface area contributed by atoms with E-state index < -0.39 is 6.28 Å². The molecule has 1 aromatic heterocycles. The fraction of sp³-hybridized carbons (Fsp3) is 0. The van der Waals surface area contributed by atoms with E-state index in [-0.39, 0.29) is 0 Å². The molecule has 0 fully saturated rings. The van der Waals surface area contributed by atoms with E-state index in [1.807, 2.05) is 6.07 Å². The molecule has 0 unspecified atom stereocenters. The third kappa shape index (κ3) is 3.05. The standard InChI is InChI=1S/C27H23BN2/c1-5-13-24(14-6-1)28(25-15-7-2-8-16-25,26-17-9-3-10-18-26)30-22-21-29(23-30)27-19-11-4-12-20-27/h1-23H. The summed E-state index contributed by atoms with van der Waals surface area (Å²) in [5.74, 6) is 0. The summed E-state index contributed by atoms with van der Waals surface area (Å²) in [4.78, 5) is 0. The zero-order valence-corrected chi connectivity index (χ0v) is 16.8. The van der Waals surface area contributed by atoms with Gasteiger partial charge in [0.2, 0.25) is 6.33 Å². The van der Waals surface area contributed by atoms with Crippen molar-refractivity contribution in [3.05, 3.63) is 140 Å². The average Bonchev–Trinajstić information content (AvgIpc) is 3.33. The number of benzene rings is 4. The SMILES string of the molecule is c1ccc(-n2cc[n+]([B-](c3ccccc3)(c3ccccc3)c3ccccc3)c2)cc1. The molecule has 0 N–H and O–H groups in total. The van der Waals surface area contributed by atoms with Crippen molar-refractivity contribution in [2.45, 2.75) is 0 Å². The summed E-state index contributed by atoms with van der Waals surface area (Å²) in [6.07, 6.45) is 5.15. The van der Waals surface area contributed by atoms with Crippen LogP contribution in [0.4, 0.5) is 0 Å². The minimum absolute atomic E-state index is 1.15. The second-order valence-electron chi connectivity index (χ2n) is 7.66. The minimum atomic E-state index is -1.40. The quantitative estimate of drug-likeness (QED) is 0.410. The van der Waals surface area contributed by atoms with Crippen LogP contribution in [0.25, 0.3) is 5.69 Å². The van der Waals surface area contributed by atoms with Gasteiger partial charge in [-0.15, -0.1) is 0 Å². The summed E-state index contributed by atoms with van der Waals surface area (Å²) in [5, 5.41) is 0. The molecule has 0 aliphatic carbocycles. The van der Waals surface area contributed by atoms with Gasteiger partial charge >= 0.3 is 0 Å². The summed E-state index contributed by atoms with van der Waals surface area (Å²) in [6, 6.07) is 43.0. The minimum Gasteiger partial charge on any atom is -0.422 e. The maximum absolute atomic E-state index is 2.38. The molecule has 5 rings (SSSR count). The summed E-state index contributed by atoms with van der Waals surface area (Å²) < 4.78 is 4.57. The topological polar surface area (TPSA) is 8.81 Å². The second kappa shape index (κ2) is 7.88. The number of hydrogen-bond acceptors (Lipinski definition) is 0. The molecular weight excluding hydrogens is 363 g/mol. The molecule has 0 atom stereocenters. The molecule has 0 spiro atoms. The molecule has 0 saturated heterocycles. The normalized spacial score (nSPS) is 11.3. The van der Waals surface area contributed by atoms with E-state index in [9.17, 15) is 0 Å². The van der Waals surface area contributed by atoms with E-state index in [0.29, 0.717) is 0 Å². The first-order valence-corrected chi connectivity index (χ1v) is 10.4. The monoisotopic (exact) mass is 386 g/mol. The Morgan fingerprint density at radius 2 is 0.900 bits per heavy atom. The van der Waals surface area contributed by atoms with Crippen molar-refractivity contribution < 1.29 is 4.48 Å². The third-order valence-electron chi connectivity index (χ3n) is 6.00. The van der Waals surface area contributed by atoms with Crippen LogP contribution in [0, 0.1) is 0 Å². The summed E-state index contributed by atoms with van der Waals surface area (Å²) in [7, 11) is 0. The summed E-state index contributed by atoms with van der Waals surface area (Å²) in [6.45, 7) is 0. The number of rotatable bonds is 5. The van der Waals surface area contributed by atoms with Crippen molar-refractivity contribution in [3.63, 3.8) is 0 Å². The maximum Gasteiger partial charge on any atom is 0.271 e. The lowest BCUT2D eigenvalue weighted by Gasteiger charge is -2.39. The Hall–Kier alpha value is -3.85. The van der Waals surface area contributed by atoms with Crippen LogP contribution < -0.4 is 20.9 Å². The van der Waals surface area contributed by atoms with E-state index >= 15 is 0 Å². The predicted molar refractivity (Wildman–Crippen MR) is 125 cm³/mol. The van der Waals surface area contributed by atoms with Crippen LogP contribution in [0.2, 0.25) is 0 Å². The highest BCUT2D eigenvalue weighted by molar-refractivity contribution is 7.05. The molecule has 3 heteroatoms. The lowest BCUT2D eigenvalue weighted by atomic mass is 9.24. The molecule has 30 heavy (non-hydrogen) atoms. The smallest absolute Gasteiger partial charge is 0.271 e. The fourth-order valence-corrected chi connectivity index (χ4v) is 4.64. The van der Waals surface area contributed by atoms with Crippen LogP contribution in [-0.4, -0.2) is 10.8 Å². The Labute approximate surface area is 177 Å². The van der Waals surface area contributed by atoms with E-state index in [0.717, 1.165) is 5.69 Å². The van der Waals surface area contributed by atoms with Gasteiger partial charge < -0.3 is 4.48 Å². The molecule has 1 heterocycles. The maximum atomic E-state index is 2.38. The summed E-state index contributed by atoms with van der Waals surface area (Å²) in [5.41, 5.74) is 5.00. The molecule has 0 saturated carbocycles. The Morgan fingerprint density at radius 3 is 1.33 bits per heavy atom. The lowest BCUT2D eigenvalue weighted by Crippen LogP contribution is -2.84. The molecule has 4 aromatic carbocycles. The lowest BCUT2D eigenvalue weighted by molar-refractivity contribution is -0.538. The van der Waals surface area contributed by atoms with Crippen LogP contribution in [0.1, 0.15) is 0 Å². The van der Waals surface area contributed by atoms with Crippen LogP contribution in [-0.2, 0) is 0 Å². The van der Waals surface area contributed by atoms with Gasteiger partial charge in [0.1, 0.15) is 11.9 Å². The Kier molecular flexibility index (Phi) is 4.78. The first-order chi connectivity index (χ1) is 14.9. The van der Waals surface area contributed by atoms with Gasteiger partial charge in [0.15, 0.2) is 0 Å². The Balaban J connectivity index is 1.82. The largest absolute Gasteiger partial charge is 0.422 e. The van der Waals surface area contributed by atoms with Gasteiger partial charge in [-0.2, -0.15) is 16.4 Å². The third-order valence-corrected chi connectivity index (χ3v) is 6.00. The molecule has 0 bridgehead atoms. The van der Waals surface area contributed by atoms with Gasteiger partial charge in [0.25, 0.3) is 6.28 Å². The molecular formula is C27H23BN2. The first kappa shape index (κ1) is 18.2. The van der Waals surface area contributed by atoms with Crippen LogP contribution >= 0.6 is 0 Å². The van der Waals surface area contributed by atoms with Crippen LogP contribution in [0.5, 0.6) is 0 Å². The zero-order valence-electron chi connectivity index (χ0n) is 16.8. The van der Waals surface area contributed by atoms with Gasteiger partial charge in [-0.3, -0.25) is 0 Å². The molecule has 0 aliphatic rings. The van der Waals surface area contributed by atoms with Crippen molar-refractivity contribution in [2.24, 2.45) is 0 Å². The Morgan fingerprint density at radius 1 is 0.500 bits per heavy atom. The van der Waals surface area contributed by atoms with Crippen molar-refractivity contribution in [3.8, 4) is 5.69 Å². The predicted octanol–water partition coefficient (Wildman–Crippen LogP) is 3.28. The Bertz CT molecular complexity index is 1120. The number of imidazole rings is 1. The highest BCUT2D eigenvalue weighted by Gasteiger charge is 2.38. The van der Waals surface area contributed by atoms with E-state index in [1.165, 1.54) is 16.4 Å². The van der Waals surface area contributed by atoms with Gasteiger partial charge in [-0.05, 0) is 12.1 Å². The van der Waals surface area contributed by atoms with Gasteiger partial charge in [-0.25, -0.2) is 4.57 Å². The number of hydrogen-bond donors (Lipinski definition) is 0. The molecule has 5 aromatic rings. The van der Waals surface area contributed by atoms with E-state index in [1.54, 1.807) is 0 Å². The molecule has 2 nitrogen and oxygen atoms in total. The second-order valence-corrected chi connectivity index (χ2v) is 7.66. The first-order valence-electron chi connectivity index (χ1n) is 10.4. The molecule has 0 amide bonds. The average molecular weight is 386 g/mol. The van der Waals surface area contributed by atoms with Crippen molar-refractivity contribution >= 4 is 22.7 Å². The number of aromatic nitrogens is 2. The van der Waals surface area contributed by atoms with Gasteiger partial charge in [-0.1, -0.05) is 109 Å². The van der Waals surface area contributed by atoms with Crippen molar-refractivity contribution in [2.75, 3.05) is 0 Å². The van der Waals surface area contributed by atoms with Gasteiger partial charge in [0, 0.05) is 0 Å². The van der Waals surface area contributed by atoms with Crippen LogP contribution in [0.3, 0.4) is 0 Å². The molecule has 0 aliphatic heterocycles. The van der Waals surface area contributed by atoms with Crippen molar-refractivity contribution in [1.29, 1.82) is 0 Å². The van der Waals surface area contributed by atoms with Crippen molar-refractivity contribution in [1.82, 2.24) is 4.57 Å². The highest BCUT2D eigenvalue weighted by Crippen LogP contribution is 2.09. The highest BCUT2D eigenvalue weighted by atomic mass is 15.1. The van der Waals surface area contributed by atoms with Crippen LogP contribution in [0.15, 0.2) is 140 Å². The summed E-state index contributed by atoms with van der Waals surface area (Å²) >= 11 is 0. The molecule has 144 valence electrons. The fourth-order valence-electron chi connectivity index (χ4n) is 4.64. The van der Waals surface area contributed by atoms with E-state index in [2.05, 4.69) is 143 Å². The molecule has 0 radical (unpaired) electrons. The van der Waals surface area contributed by atoms with Gasteiger partial charge in [0.05, 0.1) is 6.20 Å². The number of para-hydroxylation sites is 1. The van der Waals surface area contributed by atoms with E-state index in [4.69, 9.17) is 0 Å². The number of nitrogens with zero attached hydrogens (tertiary/aromatic N) is 2. The zero-order chi connectivity index (χ0) is 20.2.